The van der Waals surface area contributed by atoms with Crippen LogP contribution >= 0.6 is 0 Å². The maximum Gasteiger partial charge on any atom is 0.246 e. The zero-order valence-electron chi connectivity index (χ0n) is 17.0. The second-order valence-corrected chi connectivity index (χ2v) is 6.89. The minimum atomic E-state index is -0.457. The molecule has 0 aliphatic carbocycles. The fourth-order valence-electron chi connectivity index (χ4n) is 3.44. The molecular weight excluding hydrogens is 385 g/mol. The minimum Gasteiger partial charge on any atom is -0.497 e. The van der Waals surface area contributed by atoms with Crippen molar-refractivity contribution in [2.45, 2.75) is 6.04 Å². The fourth-order valence-corrected chi connectivity index (χ4v) is 3.44. The first-order chi connectivity index (χ1) is 14.5. The molecule has 6 nitrogen and oxygen atoms in total. The molecule has 1 aliphatic heterocycles. The van der Waals surface area contributed by atoms with E-state index < -0.39 is 6.04 Å². The number of nitriles is 1. The number of halogens is 1. The Hall–Kier alpha value is -3.37. The van der Waals surface area contributed by atoms with Gasteiger partial charge in [0.25, 0.3) is 0 Å². The molecule has 2 aromatic carbocycles. The van der Waals surface area contributed by atoms with Gasteiger partial charge in [-0.25, -0.2) is 4.39 Å². The Morgan fingerprint density at radius 3 is 2.40 bits per heavy atom. The number of carbonyl (C=O) groups is 1. The van der Waals surface area contributed by atoms with Crippen molar-refractivity contribution in [2.24, 2.45) is 0 Å². The van der Waals surface area contributed by atoms with E-state index in [0.29, 0.717) is 37.7 Å². The molecule has 2 aromatic rings. The zero-order chi connectivity index (χ0) is 21.5. The lowest BCUT2D eigenvalue weighted by Crippen LogP contribution is -2.49. The smallest absolute Gasteiger partial charge is 0.246 e. The predicted octanol–water partition coefficient (Wildman–Crippen LogP) is 3.27. The normalized spacial score (nSPS) is 15.6. The molecule has 0 N–H and O–H groups in total. The van der Waals surface area contributed by atoms with Crippen LogP contribution in [0.25, 0.3) is 6.08 Å². The van der Waals surface area contributed by atoms with Crippen LogP contribution in [0.5, 0.6) is 11.5 Å². The van der Waals surface area contributed by atoms with E-state index in [-0.39, 0.29) is 11.7 Å². The van der Waals surface area contributed by atoms with Gasteiger partial charge in [0.2, 0.25) is 5.91 Å². The summed E-state index contributed by atoms with van der Waals surface area (Å²) in [6.45, 7) is 2.17. The van der Waals surface area contributed by atoms with E-state index in [4.69, 9.17) is 9.47 Å². The van der Waals surface area contributed by atoms with Gasteiger partial charge in [0.05, 0.1) is 20.3 Å². The van der Waals surface area contributed by atoms with Gasteiger partial charge in [0.15, 0.2) is 0 Å². The van der Waals surface area contributed by atoms with Gasteiger partial charge >= 0.3 is 0 Å². The van der Waals surface area contributed by atoms with Crippen LogP contribution in [-0.4, -0.2) is 56.1 Å². The van der Waals surface area contributed by atoms with E-state index >= 15 is 0 Å². The van der Waals surface area contributed by atoms with E-state index in [9.17, 15) is 14.4 Å². The van der Waals surface area contributed by atoms with Crippen LogP contribution in [0, 0.1) is 17.1 Å². The van der Waals surface area contributed by atoms with Crippen LogP contribution in [0.4, 0.5) is 4.39 Å². The minimum absolute atomic E-state index is 0.0946. The topological polar surface area (TPSA) is 65.8 Å². The molecule has 1 atom stereocenters. The summed E-state index contributed by atoms with van der Waals surface area (Å²) in [5.74, 6) is 0.882. The lowest BCUT2D eigenvalue weighted by Gasteiger charge is -2.36. The van der Waals surface area contributed by atoms with Gasteiger partial charge in [-0.15, -0.1) is 0 Å². The van der Waals surface area contributed by atoms with Crippen LogP contribution in [0.1, 0.15) is 17.2 Å². The van der Waals surface area contributed by atoms with Crippen LogP contribution in [0.15, 0.2) is 48.5 Å². The number of nitrogens with zero attached hydrogens (tertiary/aromatic N) is 3. The largest absolute Gasteiger partial charge is 0.497 e. The maximum absolute atomic E-state index is 13.2. The molecule has 156 valence electrons. The first-order valence-corrected chi connectivity index (χ1v) is 9.64. The first kappa shape index (κ1) is 21.3. The highest BCUT2D eigenvalue weighted by Crippen LogP contribution is 2.26. The third-order valence-corrected chi connectivity index (χ3v) is 5.15. The molecule has 1 unspecified atom stereocenters. The Morgan fingerprint density at radius 1 is 1.10 bits per heavy atom. The molecule has 1 fully saturated rings. The monoisotopic (exact) mass is 409 g/mol. The van der Waals surface area contributed by atoms with Crippen molar-refractivity contribution in [2.75, 3.05) is 40.4 Å². The summed E-state index contributed by atoms with van der Waals surface area (Å²) in [5.41, 5.74) is 1.54. The molecule has 0 spiro atoms. The molecule has 3 rings (SSSR count). The van der Waals surface area contributed by atoms with Gasteiger partial charge in [-0.1, -0.05) is 12.1 Å². The van der Waals surface area contributed by atoms with Gasteiger partial charge in [-0.05, 0) is 35.9 Å². The van der Waals surface area contributed by atoms with Gasteiger partial charge in [-0.2, -0.15) is 5.26 Å². The Morgan fingerprint density at radius 2 is 1.80 bits per heavy atom. The molecule has 0 saturated carbocycles. The SMILES string of the molecule is COc1ccc(C=CC(=O)N2CCN(C(C#N)c3ccc(F)cc3)CC2)c(OC)c1. The van der Waals surface area contributed by atoms with E-state index in [0.717, 1.165) is 11.1 Å². The summed E-state index contributed by atoms with van der Waals surface area (Å²) in [7, 11) is 3.15. The van der Waals surface area contributed by atoms with Crippen molar-refractivity contribution in [3.63, 3.8) is 0 Å². The Bertz CT molecular complexity index is 945. The van der Waals surface area contributed by atoms with E-state index in [1.165, 1.54) is 18.2 Å². The number of rotatable bonds is 6. The second-order valence-electron chi connectivity index (χ2n) is 6.89. The van der Waals surface area contributed by atoms with Crippen molar-refractivity contribution in [1.29, 1.82) is 5.26 Å². The Balaban J connectivity index is 1.61. The lowest BCUT2D eigenvalue weighted by molar-refractivity contribution is -0.127. The lowest BCUT2D eigenvalue weighted by atomic mass is 10.1. The quantitative estimate of drug-likeness (QED) is 0.685. The van der Waals surface area contributed by atoms with Crippen molar-refractivity contribution in [1.82, 2.24) is 9.80 Å². The number of hydrogen-bond donors (Lipinski definition) is 0. The summed E-state index contributed by atoms with van der Waals surface area (Å²) in [5, 5.41) is 9.58. The maximum atomic E-state index is 13.2. The predicted molar refractivity (Wildman–Crippen MR) is 111 cm³/mol. The van der Waals surface area contributed by atoms with Gasteiger partial charge < -0.3 is 14.4 Å². The number of ether oxygens (including phenoxy) is 2. The van der Waals surface area contributed by atoms with Gasteiger partial charge in [0, 0.05) is 43.9 Å². The third kappa shape index (κ3) is 4.97. The summed E-state index contributed by atoms with van der Waals surface area (Å²) in [6.07, 6.45) is 3.26. The van der Waals surface area contributed by atoms with Crippen molar-refractivity contribution in [3.05, 3.63) is 65.5 Å². The number of carbonyl (C=O) groups excluding carboxylic acids is 1. The molecule has 7 heteroatoms. The summed E-state index contributed by atoms with van der Waals surface area (Å²) in [4.78, 5) is 16.4. The van der Waals surface area contributed by atoms with Crippen molar-refractivity contribution < 1.29 is 18.7 Å². The molecule has 0 bridgehead atoms. The molecular formula is C23H24FN3O3. The highest BCUT2D eigenvalue weighted by Gasteiger charge is 2.26. The summed E-state index contributed by atoms with van der Waals surface area (Å²) < 4.78 is 23.7. The van der Waals surface area contributed by atoms with E-state index in [1.54, 1.807) is 43.4 Å². The van der Waals surface area contributed by atoms with Gasteiger partial charge in [-0.3, -0.25) is 9.69 Å². The third-order valence-electron chi connectivity index (χ3n) is 5.15. The van der Waals surface area contributed by atoms with Gasteiger partial charge in [0.1, 0.15) is 23.4 Å². The summed E-state index contributed by atoms with van der Waals surface area (Å²) in [6, 6.07) is 13.2. The number of benzene rings is 2. The molecule has 0 radical (unpaired) electrons. The first-order valence-electron chi connectivity index (χ1n) is 9.64. The molecule has 1 aliphatic rings. The molecule has 1 saturated heterocycles. The molecule has 1 amide bonds. The van der Waals surface area contributed by atoms with Crippen molar-refractivity contribution >= 4 is 12.0 Å². The number of piperazine rings is 1. The van der Waals surface area contributed by atoms with Crippen LogP contribution in [0.3, 0.4) is 0 Å². The molecule has 1 heterocycles. The standard InChI is InChI=1S/C23H24FN3O3/c1-29-20-9-5-18(22(15-20)30-2)6-10-23(28)27-13-11-26(12-14-27)21(16-25)17-3-7-19(24)8-4-17/h3-10,15,21H,11-14H2,1-2H3. The average Bonchev–Trinajstić information content (AvgIpc) is 2.79. The Labute approximate surface area is 175 Å². The number of amides is 1. The van der Waals surface area contributed by atoms with E-state index in [1.807, 2.05) is 17.0 Å². The fraction of sp³-hybridized carbons (Fsp3) is 0.304. The molecule has 0 aromatic heterocycles. The highest BCUT2D eigenvalue weighted by molar-refractivity contribution is 5.92. The van der Waals surface area contributed by atoms with E-state index in [2.05, 4.69) is 6.07 Å². The van der Waals surface area contributed by atoms with Crippen LogP contribution in [0.2, 0.25) is 0 Å². The Kier molecular flexibility index (Phi) is 7.04. The highest BCUT2D eigenvalue weighted by atomic mass is 19.1. The average molecular weight is 409 g/mol. The number of methoxy groups -OCH3 is 2. The zero-order valence-corrected chi connectivity index (χ0v) is 17.0. The van der Waals surface area contributed by atoms with Crippen LogP contribution in [-0.2, 0) is 4.79 Å². The van der Waals surface area contributed by atoms with Crippen molar-refractivity contribution in [3.8, 4) is 17.6 Å². The molecule has 30 heavy (non-hydrogen) atoms. The van der Waals surface area contributed by atoms with Crippen LogP contribution < -0.4 is 9.47 Å². The number of hydrogen-bond acceptors (Lipinski definition) is 5. The second kappa shape index (κ2) is 9.90. The summed E-state index contributed by atoms with van der Waals surface area (Å²) >= 11 is 0.